The smallest absolute Gasteiger partial charge is 0.419 e. The molecule has 220 valence electrons. The van der Waals surface area contributed by atoms with E-state index in [2.05, 4.69) is 4.98 Å². The number of hydrogen-bond acceptors (Lipinski definition) is 8. The first-order chi connectivity index (χ1) is 18.2. The van der Waals surface area contributed by atoms with Gasteiger partial charge < -0.3 is 19.1 Å². The fraction of sp³-hybridized carbons (Fsp3) is 0.571. The van der Waals surface area contributed by atoms with Crippen LogP contribution in [0.2, 0.25) is 0 Å². The van der Waals surface area contributed by atoms with Crippen LogP contribution >= 0.6 is 0 Å². The summed E-state index contributed by atoms with van der Waals surface area (Å²) >= 11 is 0. The normalized spacial score (nSPS) is 19.9. The van der Waals surface area contributed by atoms with Crippen molar-refractivity contribution in [1.29, 1.82) is 0 Å². The molecule has 1 fully saturated rings. The van der Waals surface area contributed by atoms with E-state index in [1.165, 1.54) is 18.5 Å². The minimum atomic E-state index is -3.34. The molecular weight excluding hydrogens is 538 g/mol. The van der Waals surface area contributed by atoms with Gasteiger partial charge in [-0.3, -0.25) is 4.79 Å². The van der Waals surface area contributed by atoms with E-state index in [-0.39, 0.29) is 23.3 Å². The van der Waals surface area contributed by atoms with Gasteiger partial charge in [0.25, 0.3) is 0 Å². The second-order valence-corrected chi connectivity index (χ2v) is 14.5. The minimum Gasteiger partial charge on any atom is -0.481 e. The van der Waals surface area contributed by atoms with Gasteiger partial charge in [0, 0.05) is 24.7 Å². The third kappa shape index (κ3) is 7.41. The molecule has 1 heterocycles. The summed E-state index contributed by atoms with van der Waals surface area (Å²) in [6, 6.07) is 6.23. The predicted octanol–water partition coefficient (Wildman–Crippen LogP) is 4.82. The zero-order chi connectivity index (χ0) is 30.3. The molecule has 1 N–H and O–H groups in total. The second kappa shape index (κ2) is 10.9. The Balaban J connectivity index is 1.76. The van der Waals surface area contributed by atoms with Gasteiger partial charge in [-0.1, -0.05) is 6.92 Å². The van der Waals surface area contributed by atoms with Crippen molar-refractivity contribution in [2.24, 2.45) is 11.8 Å². The third-order valence-corrected chi connectivity index (χ3v) is 7.63. The first-order valence-electron chi connectivity index (χ1n) is 13.0. The molecule has 40 heavy (non-hydrogen) atoms. The van der Waals surface area contributed by atoms with E-state index in [9.17, 15) is 27.9 Å². The number of ether oxygens (including phenoxy) is 2. The average molecular weight is 578 g/mol. The summed E-state index contributed by atoms with van der Waals surface area (Å²) in [7, 11) is -3.34. The number of nitrogens with zero attached hydrogens (tertiary/aromatic N) is 3. The molecule has 2 aromatic rings. The van der Waals surface area contributed by atoms with Gasteiger partial charge in [-0.2, -0.15) is 0 Å². The molecule has 1 aliphatic rings. The van der Waals surface area contributed by atoms with E-state index >= 15 is 0 Å². The maximum Gasteiger partial charge on any atom is 0.419 e. The number of imide groups is 1. The number of aliphatic carboxylic acids is 1. The van der Waals surface area contributed by atoms with Crippen molar-refractivity contribution in [1.82, 2.24) is 14.5 Å². The molecule has 1 aromatic heterocycles. The lowest BCUT2D eigenvalue weighted by molar-refractivity contribution is -0.140. The van der Waals surface area contributed by atoms with Crippen molar-refractivity contribution in [2.75, 3.05) is 12.8 Å². The molecule has 2 amide bonds. The Bertz CT molecular complexity index is 1340. The molecule has 0 radical (unpaired) electrons. The highest BCUT2D eigenvalue weighted by Crippen LogP contribution is 2.57. The van der Waals surface area contributed by atoms with E-state index < -0.39 is 44.6 Å². The molecule has 3 rings (SSSR count). The molecule has 1 saturated carbocycles. The molecule has 0 saturated heterocycles. The summed E-state index contributed by atoms with van der Waals surface area (Å²) in [5.74, 6) is -1.52. The number of imidazole rings is 1. The van der Waals surface area contributed by atoms with Gasteiger partial charge >= 0.3 is 18.2 Å². The molecule has 0 spiro atoms. The Kier molecular flexibility index (Phi) is 8.46. The number of benzene rings is 1. The van der Waals surface area contributed by atoms with Gasteiger partial charge in [0.2, 0.25) is 0 Å². The number of hydrogen-bond donors (Lipinski definition) is 1. The van der Waals surface area contributed by atoms with Crippen LogP contribution < -0.4 is 0 Å². The van der Waals surface area contributed by atoms with Gasteiger partial charge in [0.1, 0.15) is 16.6 Å². The van der Waals surface area contributed by atoms with Crippen LogP contribution in [-0.4, -0.2) is 70.1 Å². The summed E-state index contributed by atoms with van der Waals surface area (Å²) in [5, 5.41) is 10.2. The Morgan fingerprint density at radius 2 is 1.60 bits per heavy atom. The Morgan fingerprint density at radius 3 is 2.05 bits per heavy atom. The SMILES string of the molecule is CC(CC1CC1(C(=O)O)c1cn(-c2ccc(S(C)(=O)=O)cc2)cn1)CN(C(=O)OC(C)(C)C)C(=O)OC(C)(C)C. The second-order valence-electron chi connectivity index (χ2n) is 12.5. The van der Waals surface area contributed by atoms with E-state index in [4.69, 9.17) is 9.47 Å². The van der Waals surface area contributed by atoms with Crippen LogP contribution in [0.4, 0.5) is 9.59 Å². The van der Waals surface area contributed by atoms with Crippen LogP contribution in [0.3, 0.4) is 0 Å². The van der Waals surface area contributed by atoms with Crippen molar-refractivity contribution < 1.29 is 37.4 Å². The maximum atomic E-state index is 12.9. The zero-order valence-electron chi connectivity index (χ0n) is 24.3. The highest BCUT2D eigenvalue weighted by atomic mass is 32.2. The van der Waals surface area contributed by atoms with Crippen molar-refractivity contribution in [3.05, 3.63) is 42.5 Å². The average Bonchev–Trinajstić information content (AvgIpc) is 3.28. The van der Waals surface area contributed by atoms with Crippen LogP contribution in [0, 0.1) is 11.8 Å². The lowest BCUT2D eigenvalue weighted by atomic mass is 9.94. The molecule has 0 bridgehead atoms. The van der Waals surface area contributed by atoms with E-state index in [1.54, 1.807) is 64.4 Å². The van der Waals surface area contributed by atoms with Crippen molar-refractivity contribution in [3.63, 3.8) is 0 Å². The van der Waals surface area contributed by atoms with Gasteiger partial charge in [-0.05, 0) is 90.5 Å². The first-order valence-corrected chi connectivity index (χ1v) is 14.9. The summed E-state index contributed by atoms with van der Waals surface area (Å²) < 4.78 is 36.0. The van der Waals surface area contributed by atoms with Crippen LogP contribution in [-0.2, 0) is 29.5 Å². The van der Waals surface area contributed by atoms with E-state index in [0.29, 0.717) is 24.2 Å². The molecule has 1 aliphatic carbocycles. The van der Waals surface area contributed by atoms with Gasteiger partial charge in [-0.25, -0.2) is 27.9 Å². The van der Waals surface area contributed by atoms with E-state index in [0.717, 1.165) is 11.2 Å². The number of carbonyl (C=O) groups is 3. The van der Waals surface area contributed by atoms with Gasteiger partial charge in [0.15, 0.2) is 9.84 Å². The molecule has 11 nitrogen and oxygen atoms in total. The van der Waals surface area contributed by atoms with Crippen LogP contribution in [0.5, 0.6) is 0 Å². The molecular formula is C28H39N3O8S. The molecule has 12 heteroatoms. The standard InChI is InChI=1S/C28H39N3O8S/c1-18(15-31(24(34)38-26(2,3)4)25(35)39-27(5,6)7)13-19-14-28(19,23(32)33)22-16-30(17-29-22)20-9-11-21(12-10-20)40(8,36)37/h9-12,16-19H,13-15H2,1-8H3,(H,32,33). The lowest BCUT2D eigenvalue weighted by Crippen LogP contribution is -2.45. The largest absolute Gasteiger partial charge is 0.481 e. The maximum absolute atomic E-state index is 12.9. The van der Waals surface area contributed by atoms with Crippen LogP contribution in [0.25, 0.3) is 5.69 Å². The number of amides is 2. The highest BCUT2D eigenvalue weighted by molar-refractivity contribution is 7.90. The fourth-order valence-electron chi connectivity index (χ4n) is 4.59. The van der Waals surface area contributed by atoms with E-state index in [1.807, 2.05) is 6.92 Å². The first kappa shape index (κ1) is 31.1. The van der Waals surface area contributed by atoms with Crippen molar-refractivity contribution in [2.45, 2.75) is 82.8 Å². The highest BCUT2D eigenvalue weighted by Gasteiger charge is 2.63. The number of sulfone groups is 1. The predicted molar refractivity (Wildman–Crippen MR) is 147 cm³/mol. The lowest BCUT2D eigenvalue weighted by Gasteiger charge is -2.30. The summed E-state index contributed by atoms with van der Waals surface area (Å²) in [6.07, 6.45) is 3.40. The Labute approximate surface area is 235 Å². The van der Waals surface area contributed by atoms with Crippen molar-refractivity contribution >= 4 is 28.0 Å². The molecule has 1 aromatic carbocycles. The minimum absolute atomic E-state index is 0.00283. The number of carboxylic acids is 1. The monoisotopic (exact) mass is 577 g/mol. The third-order valence-electron chi connectivity index (χ3n) is 6.50. The Hall–Kier alpha value is -3.41. The quantitative estimate of drug-likeness (QED) is 0.467. The van der Waals surface area contributed by atoms with Gasteiger partial charge in [-0.15, -0.1) is 0 Å². The number of carboxylic acid groups (broad SMARTS) is 1. The molecule has 3 unspecified atom stereocenters. The van der Waals surface area contributed by atoms with Crippen molar-refractivity contribution in [3.8, 4) is 5.69 Å². The van der Waals surface area contributed by atoms with Gasteiger partial charge in [0.05, 0.1) is 16.9 Å². The Morgan fingerprint density at radius 1 is 1.07 bits per heavy atom. The zero-order valence-corrected chi connectivity index (χ0v) is 25.1. The summed E-state index contributed by atoms with van der Waals surface area (Å²) in [5.41, 5.74) is -1.81. The molecule has 0 aliphatic heterocycles. The number of rotatable bonds is 8. The van der Waals surface area contributed by atoms with Crippen LogP contribution in [0.15, 0.2) is 41.7 Å². The summed E-state index contributed by atoms with van der Waals surface area (Å²) in [6.45, 7) is 12.0. The number of aromatic nitrogens is 2. The topological polar surface area (TPSA) is 145 Å². The summed E-state index contributed by atoms with van der Waals surface area (Å²) in [4.78, 5) is 43.7. The van der Waals surface area contributed by atoms with Crippen LogP contribution in [0.1, 0.15) is 67.0 Å². The molecule has 3 atom stereocenters. The number of carbonyl (C=O) groups excluding carboxylic acids is 2. The fourth-order valence-corrected chi connectivity index (χ4v) is 5.22.